The third-order valence-corrected chi connectivity index (χ3v) is 5.71. The van der Waals surface area contributed by atoms with Crippen LogP contribution < -0.4 is 5.32 Å². The first-order chi connectivity index (χ1) is 12.2. The average molecular weight is 343 g/mol. The lowest BCUT2D eigenvalue weighted by Crippen LogP contribution is -2.38. The van der Waals surface area contributed by atoms with E-state index in [9.17, 15) is 9.59 Å². The molecule has 25 heavy (non-hydrogen) atoms. The Morgan fingerprint density at radius 1 is 1.20 bits per heavy atom. The molecule has 0 unspecified atom stereocenters. The van der Waals surface area contributed by atoms with Gasteiger partial charge >= 0.3 is 0 Å². The predicted molar refractivity (Wildman–Crippen MR) is 91.8 cm³/mol. The van der Waals surface area contributed by atoms with Crippen molar-refractivity contribution in [2.24, 2.45) is 23.7 Å². The molecule has 134 valence electrons. The van der Waals surface area contributed by atoms with E-state index in [4.69, 9.17) is 4.74 Å². The van der Waals surface area contributed by atoms with Gasteiger partial charge in [-0.15, -0.1) is 0 Å². The van der Waals surface area contributed by atoms with Gasteiger partial charge in [0.15, 0.2) is 0 Å². The van der Waals surface area contributed by atoms with Crippen LogP contribution in [0.15, 0.2) is 24.5 Å². The summed E-state index contributed by atoms with van der Waals surface area (Å²) in [6.07, 6.45) is 6.28. The van der Waals surface area contributed by atoms with Gasteiger partial charge in [-0.1, -0.05) is 0 Å². The number of hydrogen-bond acceptors (Lipinski definition) is 4. The molecule has 3 fully saturated rings. The summed E-state index contributed by atoms with van der Waals surface area (Å²) in [5, 5.41) is 3.05. The van der Waals surface area contributed by atoms with E-state index in [-0.39, 0.29) is 17.7 Å². The Kier molecular flexibility index (Phi) is 4.70. The first kappa shape index (κ1) is 16.5. The molecule has 1 N–H and O–H groups in total. The summed E-state index contributed by atoms with van der Waals surface area (Å²) < 4.78 is 5.74. The Labute approximate surface area is 147 Å². The van der Waals surface area contributed by atoms with Crippen LogP contribution in [0, 0.1) is 23.7 Å². The van der Waals surface area contributed by atoms with Crippen LogP contribution in [0.25, 0.3) is 0 Å². The Balaban J connectivity index is 1.36. The highest BCUT2D eigenvalue weighted by Crippen LogP contribution is 2.36. The molecular weight excluding hydrogens is 318 g/mol. The number of carbonyl (C=O) groups excluding carboxylic acids is 2. The molecule has 1 aliphatic carbocycles. The van der Waals surface area contributed by atoms with Gasteiger partial charge in [-0.2, -0.15) is 0 Å². The highest BCUT2D eigenvalue weighted by molar-refractivity contribution is 5.94. The molecule has 0 bridgehead atoms. The number of carbonyl (C=O) groups is 2. The zero-order chi connectivity index (χ0) is 17.2. The lowest BCUT2D eigenvalue weighted by atomic mass is 9.81. The van der Waals surface area contributed by atoms with Gasteiger partial charge in [0.25, 0.3) is 5.91 Å². The molecule has 0 spiro atoms. The first-order valence-electron chi connectivity index (χ1n) is 9.24. The molecule has 3 aliphatic rings. The van der Waals surface area contributed by atoms with Crippen molar-refractivity contribution >= 4 is 11.8 Å². The largest absolute Gasteiger partial charge is 0.381 e. The maximum atomic E-state index is 12.7. The van der Waals surface area contributed by atoms with E-state index in [0.29, 0.717) is 49.5 Å². The summed E-state index contributed by atoms with van der Waals surface area (Å²) >= 11 is 0. The molecule has 6 nitrogen and oxygen atoms in total. The topological polar surface area (TPSA) is 71.5 Å². The molecule has 4 rings (SSSR count). The minimum absolute atomic E-state index is 0.0498. The first-order valence-corrected chi connectivity index (χ1v) is 9.24. The van der Waals surface area contributed by atoms with Crippen molar-refractivity contribution in [2.75, 3.05) is 32.8 Å². The van der Waals surface area contributed by atoms with E-state index in [1.807, 2.05) is 4.90 Å². The summed E-state index contributed by atoms with van der Waals surface area (Å²) in [6.45, 7) is 3.55. The molecule has 2 saturated heterocycles. The smallest absolute Gasteiger partial charge is 0.253 e. The van der Waals surface area contributed by atoms with Gasteiger partial charge in [0.2, 0.25) is 5.91 Å². The lowest BCUT2D eigenvalue weighted by molar-refractivity contribution is -0.124. The number of fused-ring (bicyclic) bond motifs is 1. The van der Waals surface area contributed by atoms with Gasteiger partial charge in [-0.25, -0.2) is 0 Å². The van der Waals surface area contributed by atoms with Crippen LogP contribution in [-0.2, 0) is 9.53 Å². The molecule has 3 atom stereocenters. The second kappa shape index (κ2) is 7.12. The van der Waals surface area contributed by atoms with Gasteiger partial charge < -0.3 is 15.0 Å². The van der Waals surface area contributed by atoms with E-state index >= 15 is 0 Å². The van der Waals surface area contributed by atoms with Crippen molar-refractivity contribution in [3.05, 3.63) is 30.1 Å². The maximum Gasteiger partial charge on any atom is 0.253 e. The molecule has 1 aromatic heterocycles. The predicted octanol–water partition coefficient (Wildman–Crippen LogP) is 1.33. The monoisotopic (exact) mass is 343 g/mol. The van der Waals surface area contributed by atoms with Gasteiger partial charge in [0, 0.05) is 49.9 Å². The van der Waals surface area contributed by atoms with Crippen molar-refractivity contribution < 1.29 is 14.3 Å². The Morgan fingerprint density at radius 3 is 2.76 bits per heavy atom. The van der Waals surface area contributed by atoms with Gasteiger partial charge in [0.1, 0.15) is 0 Å². The molecule has 1 saturated carbocycles. The van der Waals surface area contributed by atoms with Crippen LogP contribution in [0.5, 0.6) is 0 Å². The van der Waals surface area contributed by atoms with E-state index in [2.05, 4.69) is 10.3 Å². The number of nitrogens with zero attached hydrogens (tertiary/aromatic N) is 2. The van der Waals surface area contributed by atoms with Crippen LogP contribution in [0.1, 0.15) is 29.6 Å². The van der Waals surface area contributed by atoms with Gasteiger partial charge in [-0.05, 0) is 42.7 Å². The van der Waals surface area contributed by atoms with Crippen molar-refractivity contribution in [3.8, 4) is 0 Å². The second-order valence-electron chi connectivity index (χ2n) is 7.62. The number of ether oxygens (including phenoxy) is 1. The average Bonchev–Trinajstić information content (AvgIpc) is 3.37. The van der Waals surface area contributed by atoms with Gasteiger partial charge in [0.05, 0.1) is 13.2 Å². The molecule has 0 radical (unpaired) electrons. The Morgan fingerprint density at radius 2 is 2.00 bits per heavy atom. The van der Waals surface area contributed by atoms with E-state index in [1.54, 1.807) is 24.5 Å². The molecule has 6 heteroatoms. The fraction of sp³-hybridized carbons (Fsp3) is 0.632. The molecular formula is C19H25N3O3. The number of aromatic nitrogens is 1. The minimum Gasteiger partial charge on any atom is -0.381 e. The summed E-state index contributed by atoms with van der Waals surface area (Å²) in [7, 11) is 0. The third kappa shape index (κ3) is 3.84. The summed E-state index contributed by atoms with van der Waals surface area (Å²) in [4.78, 5) is 30.8. The van der Waals surface area contributed by atoms with Crippen molar-refractivity contribution in [2.45, 2.75) is 19.3 Å². The number of hydrogen-bond donors (Lipinski definition) is 1. The Bertz CT molecular complexity index is 632. The summed E-state index contributed by atoms with van der Waals surface area (Å²) in [5.74, 6) is 1.76. The van der Waals surface area contributed by atoms with Crippen LogP contribution in [0.4, 0.5) is 0 Å². The minimum atomic E-state index is 0.0498. The Hall–Kier alpha value is -1.95. The van der Waals surface area contributed by atoms with Gasteiger partial charge in [-0.3, -0.25) is 14.6 Å². The molecule has 2 aliphatic heterocycles. The van der Waals surface area contributed by atoms with Crippen LogP contribution in [-0.4, -0.2) is 54.5 Å². The van der Waals surface area contributed by atoms with Crippen molar-refractivity contribution in [3.63, 3.8) is 0 Å². The second-order valence-corrected chi connectivity index (χ2v) is 7.62. The van der Waals surface area contributed by atoms with E-state index in [0.717, 1.165) is 13.1 Å². The summed E-state index contributed by atoms with van der Waals surface area (Å²) in [6, 6.07) is 3.51. The van der Waals surface area contributed by atoms with Crippen molar-refractivity contribution in [1.82, 2.24) is 15.2 Å². The zero-order valence-electron chi connectivity index (χ0n) is 14.4. The van der Waals surface area contributed by atoms with Crippen LogP contribution in [0.2, 0.25) is 0 Å². The number of amides is 2. The lowest BCUT2D eigenvalue weighted by Gasteiger charge is -2.32. The highest BCUT2D eigenvalue weighted by atomic mass is 16.5. The molecule has 2 amide bonds. The quantitative estimate of drug-likeness (QED) is 0.876. The number of pyridine rings is 1. The fourth-order valence-electron chi connectivity index (χ4n) is 4.04. The normalized spacial score (nSPS) is 28.5. The standard InChI is InChI=1S/C19H25N3O3/c23-18(21-8-13-1-2-13)7-15-11-25-12-16-9-22(10-17(15)16)19(24)14-3-5-20-6-4-14/h3-6,13,15-17H,1-2,7-12H2,(H,21,23)/t15-,16-,17+/m1/s1. The molecule has 1 aromatic rings. The van der Waals surface area contributed by atoms with Crippen LogP contribution >= 0.6 is 0 Å². The number of rotatable bonds is 5. The van der Waals surface area contributed by atoms with E-state index in [1.165, 1.54) is 12.8 Å². The maximum absolute atomic E-state index is 12.7. The fourth-order valence-corrected chi connectivity index (χ4v) is 4.04. The van der Waals surface area contributed by atoms with Crippen molar-refractivity contribution in [1.29, 1.82) is 0 Å². The van der Waals surface area contributed by atoms with E-state index < -0.39 is 0 Å². The summed E-state index contributed by atoms with van der Waals surface area (Å²) in [5.41, 5.74) is 0.674. The zero-order valence-corrected chi connectivity index (χ0v) is 14.4. The number of likely N-dealkylation sites (tertiary alicyclic amines) is 1. The molecule has 3 heterocycles. The number of nitrogens with one attached hydrogen (secondary N) is 1. The SMILES string of the molecule is O=C(C[C@@H]1COC[C@H]2CN(C(=O)c3ccncc3)C[C@@H]12)NCC1CC1. The highest BCUT2D eigenvalue weighted by Gasteiger charge is 2.43. The van der Waals surface area contributed by atoms with Crippen LogP contribution in [0.3, 0.4) is 0 Å². The molecule has 0 aromatic carbocycles. The third-order valence-electron chi connectivity index (χ3n) is 5.71.